The number of ether oxygens (including phenoxy) is 1. The number of hydrogen-bond donors (Lipinski definition) is 0. The number of nitrogens with zero attached hydrogens (tertiary/aromatic N) is 4. The first-order valence-electron chi connectivity index (χ1n) is 7.99. The summed E-state index contributed by atoms with van der Waals surface area (Å²) in [4.78, 5) is 22.2. The summed E-state index contributed by atoms with van der Waals surface area (Å²) in [5.41, 5.74) is 2.38. The molecule has 4 rings (SSSR count). The third kappa shape index (κ3) is 2.96. The van der Waals surface area contributed by atoms with Crippen LogP contribution in [0.15, 0.2) is 47.1 Å². The van der Waals surface area contributed by atoms with E-state index in [2.05, 4.69) is 15.1 Å². The van der Waals surface area contributed by atoms with Gasteiger partial charge in [0.2, 0.25) is 17.6 Å². The lowest BCUT2D eigenvalue weighted by atomic mass is 10.2. The summed E-state index contributed by atoms with van der Waals surface area (Å²) in [5.74, 6) is 1.49. The number of benzene rings is 1. The lowest BCUT2D eigenvalue weighted by molar-refractivity contribution is -0.117. The van der Waals surface area contributed by atoms with E-state index in [4.69, 9.17) is 9.26 Å². The summed E-state index contributed by atoms with van der Waals surface area (Å²) in [5, 5.41) is 4.03. The predicted octanol–water partition coefficient (Wildman–Crippen LogP) is 2.93. The van der Waals surface area contributed by atoms with E-state index >= 15 is 0 Å². The van der Waals surface area contributed by atoms with Crippen molar-refractivity contribution in [1.82, 2.24) is 15.1 Å². The zero-order chi connectivity index (χ0) is 17.2. The molecule has 3 aromatic rings. The van der Waals surface area contributed by atoms with Gasteiger partial charge >= 0.3 is 0 Å². The smallest absolute Gasteiger partial charge is 0.258 e. The summed E-state index contributed by atoms with van der Waals surface area (Å²) >= 11 is 0. The van der Waals surface area contributed by atoms with Crippen LogP contribution in [0.1, 0.15) is 12.8 Å². The lowest BCUT2D eigenvalue weighted by Gasteiger charge is -2.15. The van der Waals surface area contributed by atoms with Crippen LogP contribution >= 0.6 is 0 Å². The summed E-state index contributed by atoms with van der Waals surface area (Å²) in [7, 11) is 1.55. The molecule has 7 nitrogen and oxygen atoms in total. The molecule has 0 aliphatic carbocycles. The van der Waals surface area contributed by atoms with Gasteiger partial charge in [-0.05, 0) is 30.7 Å². The molecule has 7 heteroatoms. The van der Waals surface area contributed by atoms with Gasteiger partial charge in [-0.25, -0.2) is 4.98 Å². The van der Waals surface area contributed by atoms with Crippen LogP contribution in [0.5, 0.6) is 5.88 Å². The van der Waals surface area contributed by atoms with Gasteiger partial charge in [-0.2, -0.15) is 4.98 Å². The average molecular weight is 336 g/mol. The largest absolute Gasteiger partial charge is 0.481 e. The van der Waals surface area contributed by atoms with Crippen molar-refractivity contribution >= 4 is 11.6 Å². The molecule has 1 aliphatic heterocycles. The van der Waals surface area contributed by atoms with Crippen molar-refractivity contribution < 1.29 is 14.1 Å². The van der Waals surface area contributed by atoms with Crippen LogP contribution in [0.2, 0.25) is 0 Å². The molecule has 3 heterocycles. The fraction of sp³-hybridized carbons (Fsp3) is 0.222. The molecular weight excluding hydrogens is 320 g/mol. The Bertz CT molecular complexity index is 922. The standard InChI is InChI=1S/C18H16N4O3/c1-24-15-11-12(7-8-19-15)17-20-18(25-21-17)13-4-2-5-14(10-13)22-9-3-6-16(22)23/h2,4-5,7-8,10-11H,3,6,9H2,1H3. The van der Waals surface area contributed by atoms with E-state index in [1.807, 2.05) is 24.3 Å². The van der Waals surface area contributed by atoms with Crippen LogP contribution in [0.3, 0.4) is 0 Å². The molecule has 2 aromatic heterocycles. The second-order valence-corrected chi connectivity index (χ2v) is 5.71. The molecule has 0 bridgehead atoms. The van der Waals surface area contributed by atoms with Crippen molar-refractivity contribution in [2.24, 2.45) is 0 Å². The van der Waals surface area contributed by atoms with Crippen LogP contribution < -0.4 is 9.64 Å². The number of pyridine rings is 1. The number of carbonyl (C=O) groups is 1. The molecule has 1 saturated heterocycles. The topological polar surface area (TPSA) is 81.4 Å². The fourth-order valence-electron chi connectivity index (χ4n) is 2.85. The van der Waals surface area contributed by atoms with Crippen molar-refractivity contribution in [1.29, 1.82) is 0 Å². The van der Waals surface area contributed by atoms with Gasteiger partial charge in [-0.15, -0.1) is 0 Å². The highest BCUT2D eigenvalue weighted by molar-refractivity contribution is 5.95. The average Bonchev–Trinajstić information content (AvgIpc) is 3.31. The highest BCUT2D eigenvalue weighted by Gasteiger charge is 2.22. The van der Waals surface area contributed by atoms with E-state index in [1.165, 1.54) is 0 Å². The van der Waals surface area contributed by atoms with Crippen molar-refractivity contribution in [2.75, 3.05) is 18.6 Å². The highest BCUT2D eigenvalue weighted by atomic mass is 16.5. The maximum absolute atomic E-state index is 11.9. The monoisotopic (exact) mass is 336 g/mol. The van der Waals surface area contributed by atoms with E-state index in [1.54, 1.807) is 30.3 Å². The quantitative estimate of drug-likeness (QED) is 0.728. The minimum Gasteiger partial charge on any atom is -0.481 e. The van der Waals surface area contributed by atoms with E-state index in [0.29, 0.717) is 24.0 Å². The summed E-state index contributed by atoms with van der Waals surface area (Å²) in [6.45, 7) is 0.744. The maximum atomic E-state index is 11.9. The normalized spacial score (nSPS) is 14.1. The van der Waals surface area contributed by atoms with E-state index in [0.717, 1.165) is 29.8 Å². The van der Waals surface area contributed by atoms with Crippen molar-refractivity contribution in [2.45, 2.75) is 12.8 Å². The van der Waals surface area contributed by atoms with Gasteiger partial charge < -0.3 is 14.2 Å². The van der Waals surface area contributed by atoms with Crippen molar-refractivity contribution in [3.8, 4) is 28.7 Å². The van der Waals surface area contributed by atoms with Crippen molar-refractivity contribution in [3.05, 3.63) is 42.6 Å². The Morgan fingerprint density at radius 2 is 2.12 bits per heavy atom. The number of rotatable bonds is 4. The van der Waals surface area contributed by atoms with Crippen LogP contribution in [-0.2, 0) is 4.79 Å². The van der Waals surface area contributed by atoms with E-state index in [-0.39, 0.29) is 5.91 Å². The van der Waals surface area contributed by atoms with Gasteiger partial charge in [0.05, 0.1) is 7.11 Å². The lowest BCUT2D eigenvalue weighted by Crippen LogP contribution is -2.23. The molecule has 126 valence electrons. The van der Waals surface area contributed by atoms with Crippen molar-refractivity contribution in [3.63, 3.8) is 0 Å². The van der Waals surface area contributed by atoms with E-state index in [9.17, 15) is 4.79 Å². The zero-order valence-electron chi connectivity index (χ0n) is 13.7. The molecule has 25 heavy (non-hydrogen) atoms. The Morgan fingerprint density at radius 3 is 2.92 bits per heavy atom. The van der Waals surface area contributed by atoms with Gasteiger partial charge in [0.25, 0.3) is 5.89 Å². The molecule has 1 amide bonds. The van der Waals surface area contributed by atoms with Crippen LogP contribution in [-0.4, -0.2) is 34.7 Å². The highest BCUT2D eigenvalue weighted by Crippen LogP contribution is 2.28. The third-order valence-corrected chi connectivity index (χ3v) is 4.11. The molecule has 0 atom stereocenters. The first kappa shape index (κ1) is 15.3. The fourth-order valence-corrected chi connectivity index (χ4v) is 2.85. The second kappa shape index (κ2) is 6.35. The van der Waals surface area contributed by atoms with Gasteiger partial charge in [0.15, 0.2) is 0 Å². The van der Waals surface area contributed by atoms with Crippen LogP contribution in [0.25, 0.3) is 22.8 Å². The Morgan fingerprint density at radius 1 is 1.20 bits per heavy atom. The molecule has 1 fully saturated rings. The first-order valence-corrected chi connectivity index (χ1v) is 7.99. The van der Waals surface area contributed by atoms with Crippen LogP contribution in [0, 0.1) is 0 Å². The minimum atomic E-state index is 0.146. The van der Waals surface area contributed by atoms with Gasteiger partial charge in [0.1, 0.15) is 0 Å². The molecular formula is C18H16N4O3. The number of hydrogen-bond acceptors (Lipinski definition) is 6. The minimum absolute atomic E-state index is 0.146. The van der Waals surface area contributed by atoms with Crippen LogP contribution in [0.4, 0.5) is 5.69 Å². The Hall–Kier alpha value is -3.22. The number of anilines is 1. The summed E-state index contributed by atoms with van der Waals surface area (Å²) < 4.78 is 10.5. The Kier molecular flexibility index (Phi) is 3.89. The first-order chi connectivity index (χ1) is 12.2. The zero-order valence-corrected chi connectivity index (χ0v) is 13.7. The molecule has 1 aliphatic rings. The van der Waals surface area contributed by atoms with Gasteiger partial charge in [0, 0.05) is 42.0 Å². The molecule has 0 radical (unpaired) electrons. The molecule has 1 aromatic carbocycles. The van der Waals surface area contributed by atoms with Gasteiger partial charge in [-0.3, -0.25) is 4.79 Å². The molecule has 0 saturated carbocycles. The molecule has 0 N–H and O–H groups in total. The Balaban J connectivity index is 1.65. The third-order valence-electron chi connectivity index (χ3n) is 4.11. The summed E-state index contributed by atoms with van der Waals surface area (Å²) in [6, 6.07) is 11.1. The molecule has 0 unspecified atom stereocenters. The van der Waals surface area contributed by atoms with Gasteiger partial charge in [-0.1, -0.05) is 11.2 Å². The van der Waals surface area contributed by atoms with E-state index < -0.39 is 0 Å². The second-order valence-electron chi connectivity index (χ2n) is 5.71. The number of aromatic nitrogens is 3. The SMILES string of the molecule is COc1cc(-c2noc(-c3cccc(N4CCCC4=O)c3)n2)ccn1. The maximum Gasteiger partial charge on any atom is 0.258 e. The number of methoxy groups -OCH3 is 1. The number of amides is 1. The molecule has 0 spiro atoms. The summed E-state index contributed by atoms with van der Waals surface area (Å²) in [6.07, 6.45) is 3.11. The number of carbonyl (C=O) groups excluding carboxylic acids is 1. The predicted molar refractivity (Wildman–Crippen MR) is 91.1 cm³/mol. The Labute approximate surface area is 144 Å².